The molecule has 0 spiro atoms. The summed E-state index contributed by atoms with van der Waals surface area (Å²) in [7, 11) is 0. The van der Waals surface area contributed by atoms with E-state index in [2.05, 4.69) is 0 Å². The highest BCUT2D eigenvalue weighted by Crippen LogP contribution is 2.10. The molecular formula is C8H15NO4. The summed E-state index contributed by atoms with van der Waals surface area (Å²) < 4.78 is 4.85. The van der Waals surface area contributed by atoms with E-state index in [1.54, 1.807) is 0 Å². The van der Waals surface area contributed by atoms with Gasteiger partial charge in [-0.25, -0.2) is 0 Å². The number of ether oxygens (including phenoxy) is 1. The number of carbonyl (C=O) groups is 1. The van der Waals surface area contributed by atoms with Gasteiger partial charge in [-0.05, 0) is 13.8 Å². The maximum Gasteiger partial charge on any atom is 0.254 e. The number of hydrogen-bond donors (Lipinski definition) is 2. The van der Waals surface area contributed by atoms with Crippen LogP contribution in [0.1, 0.15) is 13.8 Å². The number of nitrogens with zero attached hydrogens (tertiary/aromatic N) is 1. The second-order valence-corrected chi connectivity index (χ2v) is 3.64. The Balaban J connectivity index is 2.56. The van der Waals surface area contributed by atoms with Gasteiger partial charge in [0.25, 0.3) is 5.91 Å². The molecule has 0 aromatic carbocycles. The molecule has 1 aliphatic rings. The van der Waals surface area contributed by atoms with Crippen LogP contribution in [0, 0.1) is 0 Å². The number of β-amino-alcohol motifs (C(OH)–C–C–N with tert-alkyl or cyclic N) is 1. The molecule has 5 heteroatoms. The molecule has 1 heterocycles. The fourth-order valence-corrected chi connectivity index (χ4v) is 1.20. The van der Waals surface area contributed by atoms with E-state index in [-0.39, 0.29) is 12.5 Å². The van der Waals surface area contributed by atoms with Gasteiger partial charge in [0.2, 0.25) is 0 Å². The molecule has 1 aliphatic heterocycles. The molecule has 0 unspecified atom stereocenters. The number of aliphatic hydroxyl groups is 2. The van der Waals surface area contributed by atoms with Gasteiger partial charge in [0.05, 0.1) is 13.2 Å². The molecule has 1 atom stereocenters. The first kappa shape index (κ1) is 10.4. The highest BCUT2D eigenvalue weighted by Gasteiger charge is 2.32. The third-order valence-electron chi connectivity index (χ3n) is 1.86. The summed E-state index contributed by atoms with van der Waals surface area (Å²) in [5.74, 6) is -0.380. The van der Waals surface area contributed by atoms with Gasteiger partial charge in [-0.2, -0.15) is 0 Å². The highest BCUT2D eigenvalue weighted by atomic mass is 16.6. The largest absolute Gasteiger partial charge is 0.381 e. The van der Waals surface area contributed by atoms with Crippen LogP contribution in [0.4, 0.5) is 0 Å². The van der Waals surface area contributed by atoms with Gasteiger partial charge >= 0.3 is 0 Å². The lowest BCUT2D eigenvalue weighted by molar-refractivity contribution is -0.175. The van der Waals surface area contributed by atoms with Gasteiger partial charge in [-0.1, -0.05) is 0 Å². The van der Waals surface area contributed by atoms with Crippen molar-refractivity contribution in [2.45, 2.75) is 25.7 Å². The molecular weight excluding hydrogens is 174 g/mol. The summed E-state index contributed by atoms with van der Waals surface area (Å²) in [4.78, 5) is 12.9. The van der Waals surface area contributed by atoms with E-state index in [0.717, 1.165) is 0 Å². The molecule has 0 bridgehead atoms. The lowest BCUT2D eigenvalue weighted by Gasteiger charge is -2.33. The van der Waals surface area contributed by atoms with Crippen LogP contribution in [0.5, 0.6) is 0 Å². The zero-order chi connectivity index (χ0) is 10.1. The van der Waals surface area contributed by atoms with Gasteiger partial charge in [-0.15, -0.1) is 0 Å². The van der Waals surface area contributed by atoms with Crippen LogP contribution in [-0.2, 0) is 9.53 Å². The number of carbonyl (C=O) groups excluding carboxylic acids is 1. The molecule has 76 valence electrons. The van der Waals surface area contributed by atoms with E-state index in [9.17, 15) is 9.90 Å². The predicted molar refractivity (Wildman–Crippen MR) is 44.8 cm³/mol. The van der Waals surface area contributed by atoms with Crippen LogP contribution in [0.15, 0.2) is 0 Å². The van der Waals surface area contributed by atoms with Gasteiger partial charge in [0.15, 0.2) is 6.29 Å². The van der Waals surface area contributed by atoms with Crippen LogP contribution < -0.4 is 0 Å². The summed E-state index contributed by atoms with van der Waals surface area (Å²) >= 11 is 0. The van der Waals surface area contributed by atoms with Crippen molar-refractivity contribution in [3.8, 4) is 0 Å². The molecule has 5 nitrogen and oxygen atoms in total. The highest BCUT2D eigenvalue weighted by molar-refractivity contribution is 5.84. The molecule has 2 N–H and O–H groups in total. The second kappa shape index (κ2) is 3.61. The quantitative estimate of drug-likeness (QED) is 0.551. The van der Waals surface area contributed by atoms with Gasteiger partial charge in [0, 0.05) is 6.54 Å². The monoisotopic (exact) mass is 189 g/mol. The Morgan fingerprint density at radius 2 is 2.23 bits per heavy atom. The zero-order valence-electron chi connectivity index (χ0n) is 7.86. The summed E-state index contributed by atoms with van der Waals surface area (Å²) in [6.45, 7) is 3.71. The lowest BCUT2D eigenvalue weighted by atomic mass is 10.1. The van der Waals surface area contributed by atoms with Crippen molar-refractivity contribution in [2.75, 3.05) is 19.7 Å². The van der Waals surface area contributed by atoms with Crippen molar-refractivity contribution >= 4 is 5.91 Å². The maximum absolute atomic E-state index is 11.5. The van der Waals surface area contributed by atoms with Crippen molar-refractivity contribution in [1.29, 1.82) is 0 Å². The van der Waals surface area contributed by atoms with E-state index in [1.807, 2.05) is 0 Å². The molecule has 0 radical (unpaired) electrons. The minimum absolute atomic E-state index is 0.128. The van der Waals surface area contributed by atoms with Crippen molar-refractivity contribution in [2.24, 2.45) is 0 Å². The summed E-state index contributed by atoms with van der Waals surface area (Å²) in [6.07, 6.45) is -0.931. The van der Waals surface area contributed by atoms with Crippen molar-refractivity contribution in [3.05, 3.63) is 0 Å². The van der Waals surface area contributed by atoms with Crippen molar-refractivity contribution in [1.82, 2.24) is 4.90 Å². The molecule has 0 aromatic heterocycles. The summed E-state index contributed by atoms with van der Waals surface area (Å²) in [6, 6.07) is 0. The second-order valence-electron chi connectivity index (χ2n) is 3.64. The topological polar surface area (TPSA) is 70.0 Å². The lowest BCUT2D eigenvalue weighted by Crippen LogP contribution is -2.52. The Morgan fingerprint density at radius 1 is 1.62 bits per heavy atom. The molecule has 13 heavy (non-hydrogen) atoms. The average Bonchev–Trinajstić information content (AvgIpc) is 2.01. The van der Waals surface area contributed by atoms with Crippen LogP contribution in [0.3, 0.4) is 0 Å². The molecule has 1 rings (SSSR count). The fourth-order valence-electron chi connectivity index (χ4n) is 1.20. The van der Waals surface area contributed by atoms with E-state index in [0.29, 0.717) is 13.2 Å². The van der Waals surface area contributed by atoms with Crippen LogP contribution in [0.25, 0.3) is 0 Å². The number of rotatable bonds is 1. The van der Waals surface area contributed by atoms with Crippen LogP contribution in [0.2, 0.25) is 0 Å². The van der Waals surface area contributed by atoms with Gasteiger partial charge < -0.3 is 19.8 Å². The van der Waals surface area contributed by atoms with E-state index >= 15 is 0 Å². The molecule has 0 saturated carbocycles. The normalized spacial score (nSPS) is 24.6. The smallest absolute Gasteiger partial charge is 0.254 e. The Morgan fingerprint density at radius 3 is 2.69 bits per heavy atom. The molecule has 0 aliphatic carbocycles. The third kappa shape index (κ3) is 2.65. The van der Waals surface area contributed by atoms with Gasteiger partial charge in [-0.3, -0.25) is 4.79 Å². The Labute approximate surface area is 76.9 Å². The standard InChI is InChI=1S/C8H15NO4/c1-8(2,12)7(11)9-3-4-13-6(10)5-9/h6,10,12H,3-5H2,1-2H3/t6-/m1/s1. The maximum atomic E-state index is 11.5. The zero-order valence-corrected chi connectivity index (χ0v) is 7.86. The van der Waals surface area contributed by atoms with E-state index in [4.69, 9.17) is 9.84 Å². The van der Waals surface area contributed by atoms with E-state index < -0.39 is 11.9 Å². The first-order chi connectivity index (χ1) is 5.91. The molecule has 1 fully saturated rings. The summed E-state index contributed by atoms with van der Waals surface area (Å²) in [5.41, 5.74) is -1.38. The number of aliphatic hydroxyl groups excluding tert-OH is 1. The minimum atomic E-state index is -1.38. The summed E-state index contributed by atoms with van der Waals surface area (Å²) in [5, 5.41) is 18.5. The Kier molecular flexibility index (Phi) is 2.90. The number of amides is 1. The van der Waals surface area contributed by atoms with Gasteiger partial charge in [0.1, 0.15) is 5.60 Å². The molecule has 0 aromatic rings. The van der Waals surface area contributed by atoms with Crippen molar-refractivity contribution in [3.63, 3.8) is 0 Å². The Bertz CT molecular complexity index is 199. The Hall–Kier alpha value is -0.650. The van der Waals surface area contributed by atoms with Crippen LogP contribution >= 0.6 is 0 Å². The predicted octanol–water partition coefficient (Wildman–Crippen LogP) is -1.07. The molecule has 1 amide bonds. The van der Waals surface area contributed by atoms with Crippen LogP contribution in [-0.4, -0.2) is 52.6 Å². The average molecular weight is 189 g/mol. The fraction of sp³-hybridized carbons (Fsp3) is 0.875. The van der Waals surface area contributed by atoms with E-state index in [1.165, 1.54) is 18.7 Å². The number of morpholine rings is 1. The van der Waals surface area contributed by atoms with Crippen molar-refractivity contribution < 1.29 is 19.7 Å². The minimum Gasteiger partial charge on any atom is -0.381 e. The molecule has 1 saturated heterocycles. The first-order valence-corrected chi connectivity index (χ1v) is 4.22. The third-order valence-corrected chi connectivity index (χ3v) is 1.86. The SMILES string of the molecule is CC(C)(O)C(=O)N1CCO[C@@H](O)C1. The first-order valence-electron chi connectivity index (χ1n) is 4.22. The number of hydrogen-bond acceptors (Lipinski definition) is 4.